The van der Waals surface area contributed by atoms with Gasteiger partial charge in [-0.2, -0.15) is 0 Å². The first-order chi connectivity index (χ1) is 7.47. The van der Waals surface area contributed by atoms with Crippen LogP contribution in [0.5, 0.6) is 11.5 Å². The molecule has 1 aromatic carbocycles. The van der Waals surface area contributed by atoms with Gasteiger partial charge in [-0.15, -0.1) is 0 Å². The number of benzene rings is 1. The minimum atomic E-state index is -2.51. The molecule has 0 heterocycles. The van der Waals surface area contributed by atoms with Gasteiger partial charge >= 0.3 is 30.0 Å². The average Bonchev–Trinajstić information content (AvgIpc) is 2.19. The molecule has 1 aromatic rings. The van der Waals surface area contributed by atoms with Crippen LogP contribution in [0.25, 0.3) is 0 Å². The monoisotopic (exact) mass is 331 g/mol. The fourth-order valence-electron chi connectivity index (χ4n) is 0.994. The molecule has 88 valence electrons. The summed E-state index contributed by atoms with van der Waals surface area (Å²) in [6.45, 7) is 0.865. The second-order valence-corrected chi connectivity index (χ2v) is 3.63. The Labute approximate surface area is 101 Å². The average molecular weight is 331 g/mol. The Kier molecular flexibility index (Phi) is 7.28. The maximum atomic E-state index is 10.8. The number of phenols is 2. The first-order valence-corrected chi connectivity index (χ1v) is 7.39. The molecule has 0 aliphatic rings. The number of rotatable bonds is 3. The van der Waals surface area contributed by atoms with Crippen molar-refractivity contribution in [2.24, 2.45) is 0 Å². The molecule has 0 atom stereocenters. The Bertz CT molecular complexity index is 310. The Hall–Kier alpha value is -0.560. The number of nitrogens with one attached hydrogen (secondary N) is 1. The molecule has 0 amide bonds. The topological polar surface area (TPSA) is 52.5 Å². The van der Waals surface area contributed by atoms with Crippen LogP contribution in [0.1, 0.15) is 5.56 Å². The minimum absolute atomic E-state index is 0.0522. The second-order valence-electron chi connectivity index (χ2n) is 2.82. The third-order valence-corrected chi connectivity index (χ3v) is 1.70. The Morgan fingerprint density at radius 3 is 2.53 bits per heavy atom. The summed E-state index contributed by atoms with van der Waals surface area (Å²) in [6, 6.07) is 4.87. The van der Waals surface area contributed by atoms with Gasteiger partial charge in [0.1, 0.15) is 0 Å². The summed E-state index contributed by atoms with van der Waals surface area (Å²) in [6.07, 6.45) is 0.852. The summed E-state index contributed by atoms with van der Waals surface area (Å²) in [4.78, 5) is 1.32. The van der Waals surface area contributed by atoms with Gasteiger partial charge in [-0.3, -0.25) is 0 Å². The van der Waals surface area contributed by atoms with E-state index in [-0.39, 0.29) is 11.5 Å². The van der Waals surface area contributed by atoms with Gasteiger partial charge in [-0.05, 0) is 37.7 Å². The normalized spacial score (nSPS) is 11.1. The summed E-state index contributed by atoms with van der Waals surface area (Å²) in [5.41, 5.74) is 1.01. The van der Waals surface area contributed by atoms with E-state index in [1.807, 2.05) is 7.05 Å². The van der Waals surface area contributed by atoms with Crippen LogP contribution in [0.3, 0.4) is 0 Å². The van der Waals surface area contributed by atoms with E-state index in [1.54, 1.807) is 12.1 Å². The van der Waals surface area contributed by atoms with Crippen molar-refractivity contribution in [2.75, 3.05) is 18.5 Å². The van der Waals surface area contributed by atoms with Crippen LogP contribution in [-0.4, -0.2) is 29.3 Å². The zero-order chi connectivity index (χ0) is 12.6. The Balaban J connectivity index is 0.000000487. The predicted octanol–water partition coefficient (Wildman–Crippen LogP) is 2.06. The zero-order valence-electron chi connectivity index (χ0n) is 9.80. The molecule has 0 saturated carbocycles. The van der Waals surface area contributed by atoms with Crippen molar-refractivity contribution in [3.05, 3.63) is 23.8 Å². The number of aromatic hydroxyl groups is 2. The summed E-state index contributed by atoms with van der Waals surface area (Å²) >= 11 is -2.51. The first-order valence-electron chi connectivity index (χ1n) is 4.79. The molecule has 0 unspecified atom stereocenters. The van der Waals surface area contributed by atoms with Crippen LogP contribution in [0.4, 0.5) is 2.86 Å². The van der Waals surface area contributed by atoms with Gasteiger partial charge in [-0.1, -0.05) is 6.07 Å². The van der Waals surface area contributed by atoms with Crippen LogP contribution < -0.4 is 5.32 Å². The third kappa shape index (κ3) is 6.51. The van der Waals surface area contributed by atoms with E-state index in [4.69, 9.17) is 10.8 Å². The van der Waals surface area contributed by atoms with Crippen molar-refractivity contribution in [1.82, 2.24) is 5.32 Å². The molecule has 0 radical (unpaired) electrons. The van der Waals surface area contributed by atoms with Crippen molar-refractivity contribution >= 4 is 21.6 Å². The summed E-state index contributed by atoms with van der Waals surface area (Å²) in [5, 5.41) is 21.1. The molecule has 0 bridgehead atoms. The molecule has 3 nitrogen and oxygen atoms in total. The summed E-state index contributed by atoms with van der Waals surface area (Å²) in [7, 11) is 1.88. The van der Waals surface area contributed by atoms with Crippen molar-refractivity contribution in [2.45, 2.75) is 6.42 Å². The number of alkyl halides is 1. The SMILES string of the molecule is CNCCc1ccc(O)c(O)c1.[3H]I(C)F. The second kappa shape index (κ2) is 8.72. The van der Waals surface area contributed by atoms with Gasteiger partial charge in [0.2, 0.25) is 0 Å². The summed E-state index contributed by atoms with van der Waals surface area (Å²) in [5.74, 6) is -0.119. The van der Waals surface area contributed by atoms with Crippen LogP contribution in [0, 0.1) is 0 Å². The quantitative estimate of drug-likeness (QED) is 0.452. The fraction of sp³-hybridized carbons (Fsp3) is 0.400. The van der Waals surface area contributed by atoms with E-state index in [0.29, 0.717) is 0 Å². The fourth-order valence-corrected chi connectivity index (χ4v) is 0.994. The number of phenolic OH excluding ortho intramolecular Hbond substituents is 2. The van der Waals surface area contributed by atoms with E-state index < -0.39 is 21.6 Å². The molecular formula is C10H17FINO2. The van der Waals surface area contributed by atoms with Crippen molar-refractivity contribution < 1.29 is 13.1 Å². The molecule has 0 aromatic heterocycles. The van der Waals surface area contributed by atoms with Crippen LogP contribution >= 0.6 is 21.6 Å². The summed E-state index contributed by atoms with van der Waals surface area (Å²) < 4.78 is 16.9. The predicted molar refractivity (Wildman–Crippen MR) is 69.8 cm³/mol. The Morgan fingerprint density at radius 1 is 1.47 bits per heavy atom. The van der Waals surface area contributed by atoms with Crippen LogP contribution in [0.15, 0.2) is 18.2 Å². The maximum absolute atomic E-state index is 10.8. The molecule has 0 saturated heterocycles. The molecule has 0 spiro atoms. The molecule has 1 rings (SSSR count). The number of halogens is 2. The van der Waals surface area contributed by atoms with Gasteiger partial charge in [0.05, 0.1) is 0 Å². The van der Waals surface area contributed by atoms with Gasteiger partial charge in [0.25, 0.3) is 0 Å². The molecular weight excluding hydrogens is 312 g/mol. The van der Waals surface area contributed by atoms with E-state index in [2.05, 4.69) is 5.32 Å². The molecule has 5 heteroatoms. The first kappa shape index (κ1) is 12.5. The molecule has 0 aliphatic carbocycles. The number of likely N-dealkylation sites (N-methyl/N-ethyl adjacent to an activating group) is 1. The molecule has 3 N–H and O–H groups in total. The van der Waals surface area contributed by atoms with E-state index in [1.165, 1.54) is 11.0 Å². The third-order valence-electron chi connectivity index (χ3n) is 1.70. The van der Waals surface area contributed by atoms with Crippen LogP contribution in [-0.2, 0) is 6.42 Å². The van der Waals surface area contributed by atoms with E-state index >= 15 is 0 Å². The van der Waals surface area contributed by atoms with Crippen molar-refractivity contribution in [3.8, 4) is 11.5 Å². The number of hydrogen-bond acceptors (Lipinski definition) is 3. The molecule has 0 aliphatic heterocycles. The van der Waals surface area contributed by atoms with E-state index in [0.717, 1.165) is 18.5 Å². The van der Waals surface area contributed by atoms with E-state index in [9.17, 15) is 2.86 Å². The van der Waals surface area contributed by atoms with Gasteiger partial charge in [0.15, 0.2) is 11.5 Å². The standard InChI is InChI=1S/C9H13NO2.CH4FI/c1-10-5-4-7-2-3-8(11)9(12)6-7;1-3-2/h2-3,6,10-12H,4-5H2,1H3;3H,1H3/i;3T. The van der Waals surface area contributed by atoms with Gasteiger partial charge < -0.3 is 15.5 Å². The van der Waals surface area contributed by atoms with Crippen molar-refractivity contribution in [1.29, 1.82) is 0.594 Å². The zero-order valence-corrected chi connectivity index (χ0v) is 11.0. The van der Waals surface area contributed by atoms with Crippen molar-refractivity contribution in [3.63, 3.8) is 0 Å². The molecule has 0 fully saturated rings. The van der Waals surface area contributed by atoms with Crippen LogP contribution in [0.2, 0.25) is 0 Å². The van der Waals surface area contributed by atoms with Gasteiger partial charge in [-0.25, -0.2) is 0 Å². The van der Waals surface area contributed by atoms with Gasteiger partial charge in [0, 0.05) is 0 Å². The molecule has 15 heavy (non-hydrogen) atoms. The Morgan fingerprint density at radius 2 is 2.07 bits per heavy atom. The number of hydrogen-bond donors (Lipinski definition) is 3.